The normalized spacial score (nSPS) is 18.1. The van der Waals surface area contributed by atoms with E-state index < -0.39 is 0 Å². The lowest BCUT2D eigenvalue weighted by molar-refractivity contribution is -0.121. The number of carbonyl (C=O) groups is 1. The maximum Gasteiger partial charge on any atom is 0.233 e. The van der Waals surface area contributed by atoms with Crippen LogP contribution in [-0.2, 0) is 9.53 Å². The highest BCUT2D eigenvalue weighted by atomic mass is 16.5. The van der Waals surface area contributed by atoms with Gasteiger partial charge >= 0.3 is 0 Å². The van der Waals surface area contributed by atoms with Crippen LogP contribution in [0.4, 0.5) is 0 Å². The average molecular weight is 256 g/mol. The Morgan fingerprint density at radius 2 is 1.94 bits per heavy atom. The van der Waals surface area contributed by atoms with Gasteiger partial charge in [0.1, 0.15) is 0 Å². The van der Waals surface area contributed by atoms with E-state index in [1.807, 2.05) is 13.8 Å². The van der Waals surface area contributed by atoms with Crippen LogP contribution in [-0.4, -0.2) is 38.3 Å². The minimum atomic E-state index is 0.0869. The van der Waals surface area contributed by atoms with Crippen LogP contribution in [0.3, 0.4) is 0 Å². The molecule has 0 spiro atoms. The van der Waals surface area contributed by atoms with E-state index in [-0.39, 0.29) is 11.3 Å². The predicted octanol–water partition coefficient (Wildman–Crippen LogP) is 1.55. The van der Waals surface area contributed by atoms with E-state index in [1.54, 1.807) is 0 Å². The topological polar surface area (TPSA) is 50.4 Å². The van der Waals surface area contributed by atoms with Crippen molar-refractivity contribution in [3.05, 3.63) is 0 Å². The highest BCUT2D eigenvalue weighted by molar-refractivity contribution is 5.78. The van der Waals surface area contributed by atoms with Crippen molar-refractivity contribution < 1.29 is 9.53 Å². The molecule has 1 heterocycles. The second-order valence-corrected chi connectivity index (χ2v) is 6.19. The van der Waals surface area contributed by atoms with Gasteiger partial charge in [-0.15, -0.1) is 0 Å². The molecule has 0 aliphatic carbocycles. The lowest BCUT2D eigenvalue weighted by Gasteiger charge is -2.37. The van der Waals surface area contributed by atoms with Crippen LogP contribution in [0.15, 0.2) is 0 Å². The van der Waals surface area contributed by atoms with E-state index in [1.165, 1.54) is 0 Å². The largest absolute Gasteiger partial charge is 0.381 e. The molecule has 0 atom stereocenters. The summed E-state index contributed by atoms with van der Waals surface area (Å²) in [6.07, 6.45) is 2.21. The minimum absolute atomic E-state index is 0.0869. The SMILES string of the molecule is CC(C)NCC(=O)NCC(C)(C)C1CCOCC1. The Labute approximate surface area is 111 Å². The lowest BCUT2D eigenvalue weighted by atomic mass is 9.74. The second-order valence-electron chi connectivity index (χ2n) is 6.19. The van der Waals surface area contributed by atoms with Gasteiger partial charge in [-0.05, 0) is 24.2 Å². The van der Waals surface area contributed by atoms with Crippen molar-refractivity contribution in [1.29, 1.82) is 0 Å². The Morgan fingerprint density at radius 1 is 1.33 bits per heavy atom. The van der Waals surface area contributed by atoms with Crippen molar-refractivity contribution in [2.45, 2.75) is 46.6 Å². The number of hydrogen-bond acceptors (Lipinski definition) is 3. The molecule has 18 heavy (non-hydrogen) atoms. The molecule has 2 N–H and O–H groups in total. The van der Waals surface area contributed by atoms with E-state index in [2.05, 4.69) is 24.5 Å². The number of rotatable bonds is 6. The summed E-state index contributed by atoms with van der Waals surface area (Å²) in [5.41, 5.74) is 0.150. The maximum atomic E-state index is 11.7. The Kier molecular flexibility index (Phi) is 6.09. The standard InChI is InChI=1S/C14H28N2O2/c1-11(2)15-9-13(17)16-10-14(3,4)12-5-7-18-8-6-12/h11-12,15H,5-10H2,1-4H3,(H,16,17). The van der Waals surface area contributed by atoms with Crippen molar-refractivity contribution in [3.8, 4) is 0 Å². The lowest BCUT2D eigenvalue weighted by Crippen LogP contribution is -2.44. The summed E-state index contributed by atoms with van der Waals surface area (Å²) in [5, 5.41) is 6.16. The van der Waals surface area contributed by atoms with Gasteiger partial charge in [0.25, 0.3) is 0 Å². The summed E-state index contributed by atoms with van der Waals surface area (Å²) < 4.78 is 5.39. The van der Waals surface area contributed by atoms with E-state index in [0.29, 0.717) is 18.5 Å². The van der Waals surface area contributed by atoms with Gasteiger partial charge in [-0.2, -0.15) is 0 Å². The molecule has 0 unspecified atom stereocenters. The van der Waals surface area contributed by atoms with Gasteiger partial charge in [-0.3, -0.25) is 4.79 Å². The Bertz CT molecular complexity index is 259. The third-order valence-electron chi connectivity index (χ3n) is 3.74. The Morgan fingerprint density at radius 3 is 2.50 bits per heavy atom. The molecule has 1 rings (SSSR count). The van der Waals surface area contributed by atoms with Gasteiger partial charge < -0.3 is 15.4 Å². The fourth-order valence-electron chi connectivity index (χ4n) is 2.31. The molecule has 1 amide bonds. The summed E-state index contributed by atoms with van der Waals surface area (Å²) in [5.74, 6) is 0.730. The monoisotopic (exact) mass is 256 g/mol. The molecule has 0 bridgehead atoms. The fraction of sp³-hybridized carbons (Fsp3) is 0.929. The molecule has 1 aliphatic rings. The first kappa shape index (κ1) is 15.4. The highest BCUT2D eigenvalue weighted by Crippen LogP contribution is 2.33. The summed E-state index contributed by atoms with van der Waals surface area (Å²) >= 11 is 0. The predicted molar refractivity (Wildman–Crippen MR) is 73.5 cm³/mol. The third-order valence-corrected chi connectivity index (χ3v) is 3.74. The van der Waals surface area contributed by atoms with Crippen LogP contribution in [0.25, 0.3) is 0 Å². The molecule has 4 nitrogen and oxygen atoms in total. The molecule has 0 saturated carbocycles. The van der Waals surface area contributed by atoms with Gasteiger partial charge in [0, 0.05) is 25.8 Å². The van der Waals surface area contributed by atoms with Gasteiger partial charge in [-0.25, -0.2) is 0 Å². The van der Waals surface area contributed by atoms with Crippen LogP contribution in [0.2, 0.25) is 0 Å². The Hall–Kier alpha value is -0.610. The van der Waals surface area contributed by atoms with Gasteiger partial charge in [0.15, 0.2) is 0 Å². The number of amides is 1. The van der Waals surface area contributed by atoms with Crippen molar-refractivity contribution in [2.75, 3.05) is 26.3 Å². The van der Waals surface area contributed by atoms with Crippen LogP contribution in [0.1, 0.15) is 40.5 Å². The number of carbonyl (C=O) groups excluding carboxylic acids is 1. The summed E-state index contributed by atoms with van der Waals surface area (Å²) in [4.78, 5) is 11.7. The smallest absolute Gasteiger partial charge is 0.233 e. The maximum absolute atomic E-state index is 11.7. The zero-order valence-corrected chi connectivity index (χ0v) is 12.2. The fourth-order valence-corrected chi connectivity index (χ4v) is 2.31. The van der Waals surface area contributed by atoms with Crippen molar-refractivity contribution in [2.24, 2.45) is 11.3 Å². The van der Waals surface area contributed by atoms with Crippen LogP contribution >= 0.6 is 0 Å². The molecule has 1 aliphatic heterocycles. The van der Waals surface area contributed by atoms with E-state index >= 15 is 0 Å². The van der Waals surface area contributed by atoms with E-state index in [0.717, 1.165) is 32.6 Å². The molecule has 0 aromatic heterocycles. The minimum Gasteiger partial charge on any atom is -0.381 e. The van der Waals surface area contributed by atoms with E-state index in [9.17, 15) is 4.79 Å². The quantitative estimate of drug-likeness (QED) is 0.758. The summed E-state index contributed by atoms with van der Waals surface area (Å²) in [7, 11) is 0. The average Bonchev–Trinajstić information content (AvgIpc) is 2.35. The first-order valence-electron chi connectivity index (χ1n) is 6.99. The van der Waals surface area contributed by atoms with Crippen LogP contribution in [0.5, 0.6) is 0 Å². The number of ether oxygens (including phenoxy) is 1. The van der Waals surface area contributed by atoms with Crippen molar-refractivity contribution in [1.82, 2.24) is 10.6 Å². The molecular formula is C14H28N2O2. The van der Waals surface area contributed by atoms with Gasteiger partial charge in [-0.1, -0.05) is 27.7 Å². The van der Waals surface area contributed by atoms with Crippen LogP contribution < -0.4 is 10.6 Å². The molecule has 4 heteroatoms. The zero-order valence-electron chi connectivity index (χ0n) is 12.2. The summed E-state index contributed by atoms with van der Waals surface area (Å²) in [6, 6.07) is 0.347. The zero-order chi connectivity index (χ0) is 13.6. The molecule has 0 aromatic carbocycles. The second kappa shape index (κ2) is 7.10. The number of hydrogen-bond donors (Lipinski definition) is 2. The molecule has 0 radical (unpaired) electrons. The number of nitrogens with one attached hydrogen (secondary N) is 2. The molecular weight excluding hydrogens is 228 g/mol. The molecule has 106 valence electrons. The molecule has 0 aromatic rings. The van der Waals surface area contributed by atoms with Crippen molar-refractivity contribution in [3.63, 3.8) is 0 Å². The van der Waals surface area contributed by atoms with Crippen molar-refractivity contribution >= 4 is 5.91 Å². The highest BCUT2D eigenvalue weighted by Gasteiger charge is 2.31. The summed E-state index contributed by atoms with van der Waals surface area (Å²) in [6.45, 7) is 11.4. The first-order valence-corrected chi connectivity index (χ1v) is 6.99. The third kappa shape index (κ3) is 5.36. The first-order chi connectivity index (χ1) is 8.42. The van der Waals surface area contributed by atoms with Gasteiger partial charge in [0.05, 0.1) is 6.54 Å². The molecule has 1 saturated heterocycles. The van der Waals surface area contributed by atoms with Crippen LogP contribution in [0, 0.1) is 11.3 Å². The van der Waals surface area contributed by atoms with E-state index in [4.69, 9.17) is 4.74 Å². The van der Waals surface area contributed by atoms with Gasteiger partial charge in [0.2, 0.25) is 5.91 Å². The Balaban J connectivity index is 2.29. The molecule has 1 fully saturated rings.